The molecule has 0 atom stereocenters. The SMILES string of the molecule is COc1ccccc1N1C(=O)/C(=C\c2cc(C)n(-c3ccc(Cl)cc3)c2C)C(=O)NC1=S. The summed E-state index contributed by atoms with van der Waals surface area (Å²) in [5.74, 6) is -0.582. The number of ether oxygens (including phenoxy) is 1. The zero-order chi connectivity index (χ0) is 23.0. The van der Waals surface area contributed by atoms with Gasteiger partial charge < -0.3 is 9.30 Å². The largest absolute Gasteiger partial charge is 0.495 e. The average Bonchev–Trinajstić information content (AvgIpc) is 3.05. The van der Waals surface area contributed by atoms with Gasteiger partial charge in [0.2, 0.25) is 0 Å². The molecule has 0 bridgehead atoms. The van der Waals surface area contributed by atoms with E-state index in [0.29, 0.717) is 16.5 Å². The molecule has 162 valence electrons. The minimum absolute atomic E-state index is 0.00767. The maximum Gasteiger partial charge on any atom is 0.270 e. The van der Waals surface area contributed by atoms with Gasteiger partial charge in [0, 0.05) is 22.1 Å². The summed E-state index contributed by atoms with van der Waals surface area (Å²) in [6, 6.07) is 16.4. The third kappa shape index (κ3) is 3.81. The molecule has 1 N–H and O–H groups in total. The van der Waals surface area contributed by atoms with Crippen LogP contribution in [-0.4, -0.2) is 28.6 Å². The fraction of sp³-hybridized carbons (Fsp3) is 0.125. The second-order valence-electron chi connectivity index (χ2n) is 7.27. The first kappa shape index (κ1) is 21.8. The van der Waals surface area contributed by atoms with E-state index in [0.717, 1.165) is 22.6 Å². The molecule has 0 unspecified atom stereocenters. The maximum absolute atomic E-state index is 13.4. The Balaban J connectivity index is 1.77. The number of carbonyl (C=O) groups excluding carboxylic acids is 2. The van der Waals surface area contributed by atoms with Gasteiger partial charge in [-0.1, -0.05) is 23.7 Å². The van der Waals surface area contributed by atoms with Crippen LogP contribution in [0.4, 0.5) is 5.69 Å². The van der Waals surface area contributed by atoms with Crippen LogP contribution in [0.5, 0.6) is 5.75 Å². The minimum atomic E-state index is -0.539. The lowest BCUT2D eigenvalue weighted by molar-refractivity contribution is -0.122. The Morgan fingerprint density at radius 1 is 1.06 bits per heavy atom. The molecule has 1 aromatic heterocycles. The van der Waals surface area contributed by atoms with Crippen molar-refractivity contribution in [2.45, 2.75) is 13.8 Å². The molecule has 0 spiro atoms. The van der Waals surface area contributed by atoms with Crippen LogP contribution in [-0.2, 0) is 9.59 Å². The number of aryl methyl sites for hydroxylation is 1. The first-order valence-electron chi connectivity index (χ1n) is 9.81. The van der Waals surface area contributed by atoms with Crippen molar-refractivity contribution < 1.29 is 14.3 Å². The number of hydrogen-bond donors (Lipinski definition) is 1. The molecule has 2 heterocycles. The van der Waals surface area contributed by atoms with E-state index in [-0.39, 0.29) is 10.7 Å². The van der Waals surface area contributed by atoms with Crippen molar-refractivity contribution in [2.75, 3.05) is 12.0 Å². The van der Waals surface area contributed by atoms with Crippen molar-refractivity contribution in [1.29, 1.82) is 0 Å². The Labute approximate surface area is 196 Å². The highest BCUT2D eigenvalue weighted by molar-refractivity contribution is 7.80. The molecule has 0 radical (unpaired) electrons. The second-order valence-corrected chi connectivity index (χ2v) is 8.09. The highest BCUT2D eigenvalue weighted by atomic mass is 35.5. The van der Waals surface area contributed by atoms with Gasteiger partial charge in [0.15, 0.2) is 5.11 Å². The van der Waals surface area contributed by atoms with E-state index < -0.39 is 11.8 Å². The van der Waals surface area contributed by atoms with Crippen LogP contribution in [0, 0.1) is 13.8 Å². The Bertz CT molecular complexity index is 1280. The highest BCUT2D eigenvalue weighted by Crippen LogP contribution is 2.31. The molecule has 3 aromatic rings. The topological polar surface area (TPSA) is 63.6 Å². The summed E-state index contributed by atoms with van der Waals surface area (Å²) in [5.41, 5.74) is 3.98. The van der Waals surface area contributed by atoms with Gasteiger partial charge in [0.05, 0.1) is 12.8 Å². The van der Waals surface area contributed by atoms with Gasteiger partial charge in [-0.3, -0.25) is 14.9 Å². The highest BCUT2D eigenvalue weighted by Gasteiger charge is 2.36. The molecule has 8 heteroatoms. The van der Waals surface area contributed by atoms with Crippen molar-refractivity contribution in [3.63, 3.8) is 0 Å². The van der Waals surface area contributed by atoms with E-state index in [4.69, 9.17) is 28.6 Å². The summed E-state index contributed by atoms with van der Waals surface area (Å²) in [6.45, 7) is 3.89. The Hall–Kier alpha value is -3.42. The Morgan fingerprint density at radius 3 is 2.44 bits per heavy atom. The molecule has 2 amide bonds. The number of para-hydroxylation sites is 2. The number of hydrogen-bond acceptors (Lipinski definition) is 4. The number of carbonyl (C=O) groups is 2. The quantitative estimate of drug-likeness (QED) is 0.348. The maximum atomic E-state index is 13.4. The number of aromatic nitrogens is 1. The van der Waals surface area contributed by atoms with Crippen molar-refractivity contribution in [2.24, 2.45) is 0 Å². The van der Waals surface area contributed by atoms with E-state index in [1.165, 1.54) is 12.0 Å². The molecule has 0 saturated carbocycles. The number of halogens is 1. The first-order valence-corrected chi connectivity index (χ1v) is 10.6. The van der Waals surface area contributed by atoms with E-state index in [1.54, 1.807) is 30.3 Å². The molecule has 32 heavy (non-hydrogen) atoms. The monoisotopic (exact) mass is 465 g/mol. The van der Waals surface area contributed by atoms with Gasteiger partial charge in [-0.05, 0) is 80.2 Å². The smallest absolute Gasteiger partial charge is 0.270 e. The number of thiocarbonyl (C=S) groups is 1. The summed E-state index contributed by atoms with van der Waals surface area (Å²) in [6.07, 6.45) is 1.59. The normalized spacial score (nSPS) is 15.3. The molecule has 0 aliphatic carbocycles. The fourth-order valence-corrected chi connectivity index (χ4v) is 4.17. The fourth-order valence-electron chi connectivity index (χ4n) is 3.77. The summed E-state index contributed by atoms with van der Waals surface area (Å²) >= 11 is 11.3. The van der Waals surface area contributed by atoms with Gasteiger partial charge in [0.25, 0.3) is 11.8 Å². The minimum Gasteiger partial charge on any atom is -0.495 e. The molecular formula is C24H20ClN3O3S. The number of rotatable bonds is 4. The van der Waals surface area contributed by atoms with Crippen molar-refractivity contribution in [3.8, 4) is 11.4 Å². The number of benzene rings is 2. The van der Waals surface area contributed by atoms with Crippen LogP contribution in [0.1, 0.15) is 17.0 Å². The summed E-state index contributed by atoms with van der Waals surface area (Å²) in [5, 5.41) is 3.27. The number of nitrogens with zero attached hydrogens (tertiary/aromatic N) is 2. The van der Waals surface area contributed by atoms with Gasteiger partial charge >= 0.3 is 0 Å². The number of amides is 2. The van der Waals surface area contributed by atoms with E-state index in [2.05, 4.69) is 5.32 Å². The number of anilines is 1. The molecule has 6 nitrogen and oxygen atoms in total. The standard InChI is InChI=1S/C24H20ClN3O3S/c1-14-12-16(15(2)27(14)18-10-8-17(25)9-11-18)13-19-22(29)26-24(32)28(23(19)30)20-6-4-5-7-21(20)31-3/h4-13H,1-3H3,(H,26,29,32)/b19-13-. The van der Waals surface area contributed by atoms with Crippen LogP contribution in [0.15, 0.2) is 60.2 Å². The summed E-state index contributed by atoms with van der Waals surface area (Å²) in [4.78, 5) is 27.3. The molecule has 1 aliphatic heterocycles. The van der Waals surface area contributed by atoms with E-state index >= 15 is 0 Å². The lowest BCUT2D eigenvalue weighted by Crippen LogP contribution is -2.54. The lowest BCUT2D eigenvalue weighted by atomic mass is 10.1. The molecule has 1 aliphatic rings. The molecule has 1 saturated heterocycles. The van der Waals surface area contributed by atoms with Crippen LogP contribution in [0.3, 0.4) is 0 Å². The van der Waals surface area contributed by atoms with Crippen LogP contribution in [0.25, 0.3) is 11.8 Å². The molecular weight excluding hydrogens is 446 g/mol. The van der Waals surface area contributed by atoms with Gasteiger partial charge in [-0.2, -0.15) is 0 Å². The predicted octanol–water partition coefficient (Wildman–Crippen LogP) is 4.59. The average molecular weight is 466 g/mol. The van der Waals surface area contributed by atoms with Gasteiger partial charge in [-0.15, -0.1) is 0 Å². The second kappa shape index (κ2) is 8.61. The van der Waals surface area contributed by atoms with Crippen molar-refractivity contribution in [1.82, 2.24) is 9.88 Å². The third-order valence-electron chi connectivity index (χ3n) is 5.28. The van der Waals surface area contributed by atoms with E-state index in [9.17, 15) is 9.59 Å². The third-order valence-corrected chi connectivity index (χ3v) is 5.82. The molecule has 4 rings (SSSR count). The first-order chi connectivity index (χ1) is 15.3. The van der Waals surface area contributed by atoms with Gasteiger partial charge in [0.1, 0.15) is 11.3 Å². The van der Waals surface area contributed by atoms with Crippen molar-refractivity contribution in [3.05, 3.63) is 82.1 Å². The summed E-state index contributed by atoms with van der Waals surface area (Å²) < 4.78 is 7.41. The van der Waals surface area contributed by atoms with Crippen LogP contribution < -0.4 is 15.0 Å². The van der Waals surface area contributed by atoms with Crippen LogP contribution >= 0.6 is 23.8 Å². The number of nitrogens with one attached hydrogen (secondary N) is 1. The lowest BCUT2D eigenvalue weighted by Gasteiger charge is -2.29. The molecule has 2 aromatic carbocycles. The van der Waals surface area contributed by atoms with Crippen molar-refractivity contribution >= 4 is 52.5 Å². The zero-order valence-electron chi connectivity index (χ0n) is 17.7. The van der Waals surface area contributed by atoms with E-state index in [1.807, 2.05) is 48.7 Å². The number of methoxy groups -OCH3 is 1. The zero-order valence-corrected chi connectivity index (χ0v) is 19.3. The van der Waals surface area contributed by atoms with Crippen LogP contribution in [0.2, 0.25) is 5.02 Å². The Morgan fingerprint density at radius 2 is 1.75 bits per heavy atom. The van der Waals surface area contributed by atoms with Gasteiger partial charge in [-0.25, -0.2) is 4.90 Å². The molecule has 1 fully saturated rings. The summed E-state index contributed by atoms with van der Waals surface area (Å²) in [7, 11) is 1.51. The Kier molecular flexibility index (Phi) is 5.86. The predicted molar refractivity (Wildman–Crippen MR) is 129 cm³/mol.